The summed E-state index contributed by atoms with van der Waals surface area (Å²) in [6.45, 7) is 4.72. The topological polar surface area (TPSA) is 52.9 Å². The van der Waals surface area contributed by atoms with Crippen molar-refractivity contribution in [2.45, 2.75) is 6.92 Å². The Balaban J connectivity index is 4.12. The summed E-state index contributed by atoms with van der Waals surface area (Å²) in [6.07, 6.45) is 2.87. The maximum absolute atomic E-state index is 10.4. The summed E-state index contributed by atoms with van der Waals surface area (Å²) in [5.41, 5.74) is 0.211. The van der Waals surface area contributed by atoms with Gasteiger partial charge in [-0.2, -0.15) is 5.26 Å². The molecule has 0 saturated heterocycles. The Hall–Kier alpha value is -1.56. The molecule has 3 heteroatoms. The standard InChI is InChI=1S/C7H8N2O/c1-3-4-7(5-8)9-6(2)10/h3-4H,1H2,2H3,(H,9,10). The zero-order chi connectivity index (χ0) is 7.98. The van der Waals surface area contributed by atoms with Crippen molar-refractivity contribution < 1.29 is 4.79 Å². The molecule has 0 fully saturated rings. The van der Waals surface area contributed by atoms with Crippen molar-refractivity contribution in [2.75, 3.05) is 0 Å². The number of nitriles is 1. The molecular weight excluding hydrogens is 128 g/mol. The Morgan fingerprint density at radius 3 is 2.70 bits per heavy atom. The maximum atomic E-state index is 10.4. The molecule has 52 valence electrons. The van der Waals surface area contributed by atoms with Crippen LogP contribution in [0.2, 0.25) is 0 Å². The fourth-order valence-corrected chi connectivity index (χ4v) is 0.414. The number of carbonyl (C=O) groups is 1. The fourth-order valence-electron chi connectivity index (χ4n) is 0.414. The van der Waals surface area contributed by atoms with E-state index in [0.29, 0.717) is 0 Å². The Kier molecular flexibility index (Phi) is 3.66. The molecule has 1 N–H and O–H groups in total. The Labute approximate surface area is 59.7 Å². The minimum atomic E-state index is -0.255. The molecule has 0 aromatic rings. The van der Waals surface area contributed by atoms with Crippen LogP contribution in [-0.4, -0.2) is 5.91 Å². The highest BCUT2D eigenvalue weighted by Crippen LogP contribution is 1.85. The quantitative estimate of drug-likeness (QED) is 0.449. The first-order chi connectivity index (χ1) is 4.70. The predicted octanol–water partition coefficient (Wildman–Crippen LogP) is 0.716. The monoisotopic (exact) mass is 136 g/mol. The zero-order valence-electron chi connectivity index (χ0n) is 5.72. The number of allylic oxidation sites excluding steroid dienone is 3. The Bertz CT molecular complexity index is 210. The van der Waals surface area contributed by atoms with E-state index >= 15 is 0 Å². The largest absolute Gasteiger partial charge is 0.318 e. The second-order valence-electron chi connectivity index (χ2n) is 1.61. The summed E-state index contributed by atoms with van der Waals surface area (Å²) in [4.78, 5) is 10.4. The summed E-state index contributed by atoms with van der Waals surface area (Å²) in [5.74, 6) is -0.255. The third kappa shape index (κ3) is 3.44. The van der Waals surface area contributed by atoms with E-state index in [1.807, 2.05) is 0 Å². The minimum absolute atomic E-state index is 0.211. The molecule has 0 aliphatic heterocycles. The SMILES string of the molecule is C=CC=C(C#N)NC(C)=O. The van der Waals surface area contributed by atoms with Crippen LogP contribution >= 0.6 is 0 Å². The highest BCUT2D eigenvalue weighted by molar-refractivity contribution is 5.75. The number of hydrogen-bond acceptors (Lipinski definition) is 2. The van der Waals surface area contributed by atoms with Gasteiger partial charge in [0.2, 0.25) is 5.91 Å². The van der Waals surface area contributed by atoms with Crippen LogP contribution in [0.25, 0.3) is 0 Å². The van der Waals surface area contributed by atoms with E-state index in [-0.39, 0.29) is 11.6 Å². The third-order valence-electron chi connectivity index (χ3n) is 0.716. The van der Waals surface area contributed by atoms with Crippen molar-refractivity contribution >= 4 is 5.91 Å². The van der Waals surface area contributed by atoms with E-state index in [1.165, 1.54) is 19.1 Å². The van der Waals surface area contributed by atoms with Crippen molar-refractivity contribution in [1.82, 2.24) is 5.32 Å². The van der Waals surface area contributed by atoms with Gasteiger partial charge in [-0.3, -0.25) is 4.79 Å². The molecule has 0 rings (SSSR count). The van der Waals surface area contributed by atoms with Gasteiger partial charge in [0.25, 0.3) is 0 Å². The lowest BCUT2D eigenvalue weighted by molar-refractivity contribution is -0.118. The van der Waals surface area contributed by atoms with Crippen LogP contribution in [0.3, 0.4) is 0 Å². The highest BCUT2D eigenvalue weighted by atomic mass is 16.1. The van der Waals surface area contributed by atoms with Crippen molar-refractivity contribution in [1.29, 1.82) is 5.26 Å². The maximum Gasteiger partial charge on any atom is 0.221 e. The van der Waals surface area contributed by atoms with Gasteiger partial charge < -0.3 is 5.32 Å². The molecule has 0 bridgehead atoms. The molecule has 0 saturated carbocycles. The molecule has 0 aliphatic rings. The van der Waals surface area contributed by atoms with Gasteiger partial charge in [0.05, 0.1) is 0 Å². The van der Waals surface area contributed by atoms with Crippen LogP contribution in [0.4, 0.5) is 0 Å². The van der Waals surface area contributed by atoms with Crippen LogP contribution in [0.5, 0.6) is 0 Å². The Morgan fingerprint density at radius 2 is 2.40 bits per heavy atom. The molecule has 0 spiro atoms. The van der Waals surface area contributed by atoms with Crippen molar-refractivity contribution in [2.24, 2.45) is 0 Å². The normalized spacial score (nSPS) is 9.80. The molecular formula is C7H8N2O. The Morgan fingerprint density at radius 1 is 1.80 bits per heavy atom. The number of nitrogens with zero attached hydrogens (tertiary/aromatic N) is 1. The lowest BCUT2D eigenvalue weighted by Crippen LogP contribution is -2.17. The molecule has 0 radical (unpaired) electrons. The average Bonchev–Trinajstić information content (AvgIpc) is 1.86. The van der Waals surface area contributed by atoms with Crippen molar-refractivity contribution in [3.05, 3.63) is 24.4 Å². The molecule has 0 aliphatic carbocycles. The van der Waals surface area contributed by atoms with Crippen molar-refractivity contribution in [3.63, 3.8) is 0 Å². The third-order valence-corrected chi connectivity index (χ3v) is 0.716. The van der Waals surface area contributed by atoms with Crippen LogP contribution in [0.15, 0.2) is 24.4 Å². The van der Waals surface area contributed by atoms with Gasteiger partial charge in [-0.05, 0) is 6.08 Å². The summed E-state index contributed by atoms with van der Waals surface area (Å²) < 4.78 is 0. The lowest BCUT2D eigenvalue weighted by Gasteiger charge is -1.94. The van der Waals surface area contributed by atoms with Crippen molar-refractivity contribution in [3.8, 4) is 6.07 Å². The average molecular weight is 136 g/mol. The highest BCUT2D eigenvalue weighted by Gasteiger charge is 1.93. The number of amides is 1. The second-order valence-corrected chi connectivity index (χ2v) is 1.61. The summed E-state index contributed by atoms with van der Waals surface area (Å²) in [5, 5.41) is 10.6. The van der Waals surface area contributed by atoms with Gasteiger partial charge in [0.1, 0.15) is 11.8 Å². The molecule has 1 amide bonds. The van der Waals surface area contributed by atoms with Gasteiger partial charge in [-0.15, -0.1) is 0 Å². The van der Waals surface area contributed by atoms with Gasteiger partial charge in [0, 0.05) is 6.92 Å². The number of nitrogens with one attached hydrogen (secondary N) is 1. The zero-order valence-corrected chi connectivity index (χ0v) is 5.72. The summed E-state index contributed by atoms with van der Waals surface area (Å²) in [6, 6.07) is 1.79. The van der Waals surface area contributed by atoms with Gasteiger partial charge >= 0.3 is 0 Å². The number of hydrogen-bond donors (Lipinski definition) is 1. The molecule has 0 aromatic heterocycles. The first kappa shape index (κ1) is 8.44. The molecule has 0 atom stereocenters. The molecule has 0 unspecified atom stereocenters. The number of carbonyl (C=O) groups excluding carboxylic acids is 1. The summed E-state index contributed by atoms with van der Waals surface area (Å²) in [7, 11) is 0. The predicted molar refractivity (Wildman–Crippen MR) is 37.7 cm³/mol. The molecule has 3 nitrogen and oxygen atoms in total. The van der Waals surface area contributed by atoms with Crippen LogP contribution in [-0.2, 0) is 4.79 Å². The minimum Gasteiger partial charge on any atom is -0.318 e. The van der Waals surface area contributed by atoms with E-state index in [4.69, 9.17) is 5.26 Å². The van der Waals surface area contributed by atoms with Crippen LogP contribution in [0.1, 0.15) is 6.92 Å². The first-order valence-corrected chi connectivity index (χ1v) is 2.71. The fraction of sp³-hybridized carbons (Fsp3) is 0.143. The van der Waals surface area contributed by atoms with Gasteiger partial charge in [0.15, 0.2) is 0 Å². The van der Waals surface area contributed by atoms with E-state index in [1.54, 1.807) is 6.07 Å². The number of rotatable bonds is 2. The molecule has 0 heterocycles. The van der Waals surface area contributed by atoms with E-state index in [2.05, 4.69) is 11.9 Å². The lowest BCUT2D eigenvalue weighted by atomic mass is 10.4. The smallest absolute Gasteiger partial charge is 0.221 e. The second kappa shape index (κ2) is 4.33. The molecule has 10 heavy (non-hydrogen) atoms. The molecule has 0 aromatic carbocycles. The van der Waals surface area contributed by atoms with E-state index in [9.17, 15) is 4.79 Å². The first-order valence-electron chi connectivity index (χ1n) is 2.71. The van der Waals surface area contributed by atoms with Crippen LogP contribution < -0.4 is 5.32 Å². The van der Waals surface area contributed by atoms with E-state index in [0.717, 1.165) is 0 Å². The van der Waals surface area contributed by atoms with E-state index < -0.39 is 0 Å². The van der Waals surface area contributed by atoms with Gasteiger partial charge in [-0.1, -0.05) is 12.7 Å². The van der Waals surface area contributed by atoms with Gasteiger partial charge in [-0.25, -0.2) is 0 Å². The van der Waals surface area contributed by atoms with Crippen LogP contribution in [0, 0.1) is 11.3 Å². The summed E-state index contributed by atoms with van der Waals surface area (Å²) >= 11 is 0.